The average molecular weight is 323 g/mol. The van der Waals surface area contributed by atoms with Crippen LogP contribution in [0.4, 0.5) is 4.39 Å². The highest BCUT2D eigenvalue weighted by Gasteiger charge is 2.26. The lowest BCUT2D eigenvalue weighted by molar-refractivity contribution is -0.109. The molecule has 0 aromatic heterocycles. The van der Waals surface area contributed by atoms with Crippen LogP contribution in [0.2, 0.25) is 0 Å². The molecule has 0 saturated carbocycles. The molecule has 0 bridgehead atoms. The summed E-state index contributed by atoms with van der Waals surface area (Å²) in [5.74, 6) is 0.210. The van der Waals surface area contributed by atoms with Gasteiger partial charge < -0.3 is 15.8 Å². The van der Waals surface area contributed by atoms with Gasteiger partial charge in [-0.05, 0) is 25.0 Å². The summed E-state index contributed by atoms with van der Waals surface area (Å²) < 4.78 is 18.8. The van der Waals surface area contributed by atoms with Gasteiger partial charge in [0.25, 0.3) is 0 Å². The van der Waals surface area contributed by atoms with Gasteiger partial charge in [0.05, 0.1) is 0 Å². The van der Waals surface area contributed by atoms with Gasteiger partial charge in [0.15, 0.2) is 0 Å². The largest absolute Gasteiger partial charge is 0.492 e. The van der Waals surface area contributed by atoms with E-state index in [1.165, 1.54) is 12.1 Å². The summed E-state index contributed by atoms with van der Waals surface area (Å²) in [5.41, 5.74) is 5.94. The van der Waals surface area contributed by atoms with Gasteiger partial charge in [-0.25, -0.2) is 4.39 Å². The third-order valence-electron chi connectivity index (χ3n) is 3.72. The lowest BCUT2D eigenvalue weighted by Gasteiger charge is -2.27. The highest BCUT2D eigenvalue weighted by Crippen LogP contribution is 2.17. The maximum absolute atomic E-state index is 13.1. The molecular weight excluding hydrogens is 297 g/mol. The van der Waals surface area contributed by atoms with E-state index < -0.39 is 0 Å². The van der Waals surface area contributed by atoms with Crippen LogP contribution in [0.15, 0.2) is 37.4 Å². The fourth-order valence-corrected chi connectivity index (χ4v) is 2.58. The second-order valence-electron chi connectivity index (χ2n) is 5.33. The Morgan fingerprint density at radius 2 is 2.30 bits per heavy atom. The van der Waals surface area contributed by atoms with Crippen molar-refractivity contribution in [2.24, 2.45) is 5.73 Å². The zero-order valence-corrected chi connectivity index (χ0v) is 13.4. The molecule has 128 valence electrons. The summed E-state index contributed by atoms with van der Waals surface area (Å²) in [6.07, 6.45) is 2.44. The van der Waals surface area contributed by atoms with E-state index in [1.54, 1.807) is 12.1 Å². The molecule has 1 aromatic rings. The third-order valence-corrected chi connectivity index (χ3v) is 3.72. The van der Waals surface area contributed by atoms with E-state index >= 15 is 0 Å². The summed E-state index contributed by atoms with van der Waals surface area (Å²) in [4.78, 5) is 12.6. The van der Waals surface area contributed by atoms with Crippen LogP contribution < -0.4 is 15.8 Å². The van der Waals surface area contributed by atoms with Crippen LogP contribution in [0.1, 0.15) is 12.8 Å². The van der Waals surface area contributed by atoms with Crippen molar-refractivity contribution in [1.29, 1.82) is 0 Å². The quantitative estimate of drug-likeness (QED) is 0.433. The van der Waals surface area contributed by atoms with Gasteiger partial charge in [-0.3, -0.25) is 9.69 Å². The van der Waals surface area contributed by atoms with Crippen LogP contribution in [0.3, 0.4) is 0 Å². The van der Waals surface area contributed by atoms with Crippen molar-refractivity contribution in [3.8, 4) is 5.75 Å². The number of benzene rings is 1. The van der Waals surface area contributed by atoms with E-state index in [0.717, 1.165) is 25.9 Å². The van der Waals surface area contributed by atoms with Gasteiger partial charge in [-0.2, -0.15) is 0 Å². The molecule has 1 fully saturated rings. The lowest BCUT2D eigenvalue weighted by Crippen LogP contribution is -2.41. The molecule has 23 heavy (non-hydrogen) atoms. The summed E-state index contributed by atoms with van der Waals surface area (Å²) in [6.45, 7) is 8.81. The first kappa shape index (κ1) is 19.1. The highest BCUT2D eigenvalue weighted by molar-refractivity contribution is 5.45. The zero-order valence-electron chi connectivity index (χ0n) is 13.4. The standard InChI is InChI=1S/C15H22FN3O2.C2H4/c16-12-2-1-3-15(8-12)21-10-14(4-6-18-11-20)19-7-5-13(17)9-19;1-2/h1-3,8,11,13-14H,4-7,9-10,17H2,(H,18,20);1-2H2. The van der Waals surface area contributed by atoms with Crippen molar-refractivity contribution < 1.29 is 13.9 Å². The van der Waals surface area contributed by atoms with Gasteiger partial charge in [0.2, 0.25) is 6.41 Å². The predicted octanol–water partition coefficient (Wildman–Crippen LogP) is 1.54. The third kappa shape index (κ3) is 6.80. The van der Waals surface area contributed by atoms with Crippen LogP contribution >= 0.6 is 0 Å². The highest BCUT2D eigenvalue weighted by atomic mass is 19.1. The molecule has 1 aliphatic rings. The molecule has 1 aliphatic heterocycles. The fourth-order valence-electron chi connectivity index (χ4n) is 2.58. The van der Waals surface area contributed by atoms with Crippen molar-refractivity contribution in [2.75, 3.05) is 26.2 Å². The average Bonchev–Trinajstić information content (AvgIpc) is 2.99. The molecule has 3 N–H and O–H groups in total. The van der Waals surface area contributed by atoms with Crippen molar-refractivity contribution in [3.63, 3.8) is 0 Å². The number of rotatable bonds is 8. The number of ether oxygens (including phenoxy) is 1. The summed E-state index contributed by atoms with van der Waals surface area (Å²) in [5, 5.41) is 2.67. The Hall–Kier alpha value is -1.92. The van der Waals surface area contributed by atoms with Gasteiger partial charge >= 0.3 is 0 Å². The Labute approximate surface area is 137 Å². The molecular formula is C17H26FN3O2. The molecule has 0 aliphatic carbocycles. The van der Waals surface area contributed by atoms with Crippen molar-refractivity contribution >= 4 is 6.41 Å². The Bertz CT molecular complexity index is 473. The van der Waals surface area contributed by atoms with Crippen LogP contribution in [0, 0.1) is 5.82 Å². The number of nitrogens with two attached hydrogens (primary N) is 1. The minimum absolute atomic E-state index is 0.161. The van der Waals surface area contributed by atoms with E-state index in [0.29, 0.717) is 25.3 Å². The maximum atomic E-state index is 13.1. The molecule has 0 spiro atoms. The second kappa shape index (κ2) is 10.7. The van der Waals surface area contributed by atoms with Crippen LogP contribution in [-0.4, -0.2) is 49.6 Å². The molecule has 2 unspecified atom stereocenters. The van der Waals surface area contributed by atoms with Gasteiger partial charge in [0.1, 0.15) is 18.2 Å². The summed E-state index contributed by atoms with van der Waals surface area (Å²) in [7, 11) is 0. The first-order valence-corrected chi connectivity index (χ1v) is 7.74. The number of likely N-dealkylation sites (tertiary alicyclic amines) is 1. The van der Waals surface area contributed by atoms with Crippen molar-refractivity contribution in [3.05, 3.63) is 43.2 Å². The van der Waals surface area contributed by atoms with E-state index in [-0.39, 0.29) is 17.9 Å². The van der Waals surface area contributed by atoms with E-state index in [9.17, 15) is 9.18 Å². The number of hydrogen-bond acceptors (Lipinski definition) is 4. The Balaban J connectivity index is 0.00000127. The van der Waals surface area contributed by atoms with Crippen molar-refractivity contribution in [2.45, 2.75) is 24.9 Å². The number of halogens is 1. The molecule has 1 heterocycles. The summed E-state index contributed by atoms with van der Waals surface area (Å²) >= 11 is 0. The molecule has 1 saturated heterocycles. The SMILES string of the molecule is C=C.NC1CCN(C(CCNC=O)COc2cccc(F)c2)C1. The monoisotopic (exact) mass is 323 g/mol. The molecule has 1 aromatic carbocycles. The first-order valence-electron chi connectivity index (χ1n) is 7.74. The van der Waals surface area contributed by atoms with E-state index in [4.69, 9.17) is 10.5 Å². The van der Waals surface area contributed by atoms with E-state index in [1.807, 2.05) is 0 Å². The molecule has 0 radical (unpaired) electrons. The minimum atomic E-state index is -0.310. The van der Waals surface area contributed by atoms with Crippen molar-refractivity contribution in [1.82, 2.24) is 10.2 Å². The number of carbonyl (C=O) groups excluding carboxylic acids is 1. The number of hydrogen-bond donors (Lipinski definition) is 2. The van der Waals surface area contributed by atoms with Crippen LogP contribution in [0.25, 0.3) is 0 Å². The second-order valence-corrected chi connectivity index (χ2v) is 5.33. The normalized spacial score (nSPS) is 18.6. The number of amides is 1. The first-order chi connectivity index (χ1) is 11.2. The van der Waals surface area contributed by atoms with Gasteiger partial charge in [-0.1, -0.05) is 6.07 Å². The molecule has 2 atom stereocenters. The smallest absolute Gasteiger partial charge is 0.207 e. The van der Waals surface area contributed by atoms with Gasteiger partial charge in [-0.15, -0.1) is 13.2 Å². The topological polar surface area (TPSA) is 67.6 Å². The van der Waals surface area contributed by atoms with E-state index in [2.05, 4.69) is 23.4 Å². The molecule has 5 nitrogen and oxygen atoms in total. The Morgan fingerprint density at radius 3 is 2.91 bits per heavy atom. The maximum Gasteiger partial charge on any atom is 0.207 e. The number of carbonyl (C=O) groups is 1. The number of nitrogens with zero attached hydrogens (tertiary/aromatic N) is 1. The molecule has 2 rings (SSSR count). The van der Waals surface area contributed by atoms with Crippen LogP contribution in [0.5, 0.6) is 5.75 Å². The molecule has 1 amide bonds. The van der Waals surface area contributed by atoms with Gasteiger partial charge in [0, 0.05) is 37.8 Å². The minimum Gasteiger partial charge on any atom is -0.492 e. The number of nitrogens with one attached hydrogen (secondary N) is 1. The Kier molecular flexibility index (Phi) is 8.94. The summed E-state index contributed by atoms with van der Waals surface area (Å²) in [6, 6.07) is 6.47. The zero-order chi connectivity index (χ0) is 17.1. The van der Waals surface area contributed by atoms with Crippen LogP contribution in [-0.2, 0) is 4.79 Å². The molecule has 6 heteroatoms. The lowest BCUT2D eigenvalue weighted by atomic mass is 10.2. The Morgan fingerprint density at radius 1 is 1.52 bits per heavy atom. The predicted molar refractivity (Wildman–Crippen MR) is 89.8 cm³/mol. The fraction of sp³-hybridized carbons (Fsp3) is 0.471.